The first-order valence-corrected chi connectivity index (χ1v) is 7.26. The van der Waals surface area contributed by atoms with Crippen molar-refractivity contribution in [3.8, 4) is 0 Å². The molecule has 1 heterocycles. The minimum absolute atomic E-state index is 0.829. The zero-order valence-electron chi connectivity index (χ0n) is 12.6. The smallest absolute Gasteiger partial charge is 0.0714 e. The Labute approximate surface area is 125 Å². The maximum Gasteiger partial charge on any atom is 0.0714 e. The number of nitrogens with zero attached hydrogens (tertiary/aromatic N) is 1. The third kappa shape index (κ3) is 2.59. The van der Waals surface area contributed by atoms with Gasteiger partial charge in [0.15, 0.2) is 0 Å². The van der Waals surface area contributed by atoms with E-state index in [1.807, 2.05) is 6.08 Å². The molecule has 0 N–H and O–H groups in total. The van der Waals surface area contributed by atoms with E-state index in [2.05, 4.69) is 62.9 Å². The zero-order chi connectivity index (χ0) is 14.8. The average molecular weight is 273 g/mol. The molecule has 2 aromatic carbocycles. The van der Waals surface area contributed by atoms with Crippen molar-refractivity contribution >= 4 is 21.7 Å². The van der Waals surface area contributed by atoms with Crippen LogP contribution in [-0.2, 0) is 6.42 Å². The molecular weight excluding hydrogens is 254 g/mol. The van der Waals surface area contributed by atoms with E-state index in [1.54, 1.807) is 6.08 Å². The van der Waals surface area contributed by atoms with Crippen LogP contribution in [0.15, 0.2) is 61.2 Å². The van der Waals surface area contributed by atoms with E-state index in [0.29, 0.717) is 0 Å². The number of allylic oxidation sites excluding steroid dienone is 3. The Kier molecular flexibility index (Phi) is 3.57. The minimum Gasteiger partial charge on any atom is -0.252 e. The van der Waals surface area contributed by atoms with E-state index in [-0.39, 0.29) is 0 Å². The second-order valence-electron chi connectivity index (χ2n) is 5.50. The van der Waals surface area contributed by atoms with Crippen LogP contribution < -0.4 is 0 Å². The molecule has 0 fully saturated rings. The summed E-state index contributed by atoms with van der Waals surface area (Å²) in [6.45, 7) is 7.96. The van der Waals surface area contributed by atoms with E-state index in [4.69, 9.17) is 4.98 Å². The Hall–Kier alpha value is -2.41. The molecule has 0 radical (unpaired) electrons. The lowest BCUT2D eigenvalue weighted by Crippen LogP contribution is -1.93. The van der Waals surface area contributed by atoms with Gasteiger partial charge in [0.05, 0.1) is 11.2 Å². The van der Waals surface area contributed by atoms with Crippen LogP contribution >= 0.6 is 0 Å². The van der Waals surface area contributed by atoms with Crippen LogP contribution in [0.3, 0.4) is 0 Å². The van der Waals surface area contributed by atoms with E-state index in [0.717, 1.165) is 17.6 Å². The SMILES string of the molecule is C=C/C=C/Cc1nc2cc(C)ccc2c2ccc(C)cc12. The number of aromatic nitrogens is 1. The molecule has 104 valence electrons. The van der Waals surface area contributed by atoms with Gasteiger partial charge in [-0.25, -0.2) is 0 Å². The predicted molar refractivity (Wildman–Crippen MR) is 91.8 cm³/mol. The molecule has 1 aromatic heterocycles. The fraction of sp³-hybridized carbons (Fsp3) is 0.150. The first kappa shape index (κ1) is 13.6. The number of benzene rings is 2. The van der Waals surface area contributed by atoms with Crippen molar-refractivity contribution in [3.63, 3.8) is 0 Å². The summed E-state index contributed by atoms with van der Waals surface area (Å²) in [5.41, 5.74) is 4.72. The highest BCUT2D eigenvalue weighted by atomic mass is 14.7. The van der Waals surface area contributed by atoms with Crippen LogP contribution in [0.1, 0.15) is 16.8 Å². The lowest BCUT2D eigenvalue weighted by atomic mass is 9.99. The zero-order valence-corrected chi connectivity index (χ0v) is 12.6. The molecule has 3 rings (SSSR count). The lowest BCUT2D eigenvalue weighted by molar-refractivity contribution is 1.17. The Morgan fingerprint density at radius 2 is 1.67 bits per heavy atom. The predicted octanol–water partition coefficient (Wildman–Crippen LogP) is 5.29. The van der Waals surface area contributed by atoms with Gasteiger partial charge in [-0.3, -0.25) is 4.98 Å². The van der Waals surface area contributed by atoms with Crippen LogP contribution in [0.4, 0.5) is 0 Å². The normalized spacial score (nSPS) is 11.5. The molecule has 0 saturated carbocycles. The van der Waals surface area contributed by atoms with Gasteiger partial charge in [-0.2, -0.15) is 0 Å². The fourth-order valence-corrected chi connectivity index (χ4v) is 2.73. The molecule has 0 spiro atoms. The van der Waals surface area contributed by atoms with Gasteiger partial charge in [0, 0.05) is 17.2 Å². The number of aryl methyl sites for hydroxylation is 2. The highest BCUT2D eigenvalue weighted by Gasteiger charge is 2.08. The minimum atomic E-state index is 0.829. The van der Waals surface area contributed by atoms with Gasteiger partial charge < -0.3 is 0 Å². The molecule has 3 aromatic rings. The maximum atomic E-state index is 4.89. The van der Waals surface area contributed by atoms with Gasteiger partial charge in [-0.05, 0) is 36.9 Å². The third-order valence-corrected chi connectivity index (χ3v) is 3.77. The Morgan fingerprint density at radius 3 is 2.43 bits per heavy atom. The van der Waals surface area contributed by atoms with E-state index >= 15 is 0 Å². The second kappa shape index (κ2) is 5.53. The summed E-state index contributed by atoms with van der Waals surface area (Å²) < 4.78 is 0. The maximum absolute atomic E-state index is 4.89. The van der Waals surface area contributed by atoms with Gasteiger partial charge in [-0.1, -0.05) is 54.6 Å². The molecule has 0 amide bonds. The highest BCUT2D eigenvalue weighted by Crippen LogP contribution is 2.28. The molecule has 0 aliphatic rings. The Balaban J connectivity index is 2.33. The first-order valence-electron chi connectivity index (χ1n) is 7.26. The van der Waals surface area contributed by atoms with Crippen molar-refractivity contribution in [2.24, 2.45) is 0 Å². The van der Waals surface area contributed by atoms with Crippen LogP contribution in [-0.4, -0.2) is 4.98 Å². The molecule has 0 unspecified atom stereocenters. The van der Waals surface area contributed by atoms with Crippen LogP contribution in [0.5, 0.6) is 0 Å². The fourth-order valence-electron chi connectivity index (χ4n) is 2.73. The quantitative estimate of drug-likeness (QED) is 0.467. The monoisotopic (exact) mass is 273 g/mol. The van der Waals surface area contributed by atoms with Gasteiger partial charge in [0.1, 0.15) is 0 Å². The topological polar surface area (TPSA) is 12.9 Å². The molecule has 0 aliphatic heterocycles. The van der Waals surface area contributed by atoms with Crippen molar-refractivity contribution < 1.29 is 0 Å². The summed E-state index contributed by atoms with van der Waals surface area (Å²) in [7, 11) is 0. The molecule has 0 saturated heterocycles. The van der Waals surface area contributed by atoms with Gasteiger partial charge in [-0.15, -0.1) is 0 Å². The lowest BCUT2D eigenvalue weighted by Gasteiger charge is -2.10. The Bertz CT molecular complexity index is 856. The molecule has 0 atom stereocenters. The summed E-state index contributed by atoms with van der Waals surface area (Å²) in [6.07, 6.45) is 6.72. The van der Waals surface area contributed by atoms with Crippen molar-refractivity contribution in [1.29, 1.82) is 0 Å². The first-order chi connectivity index (χ1) is 10.2. The standard InChI is InChI=1S/C20H19N/c1-4-5-6-7-19-18-12-14(2)8-10-16(18)17-11-9-15(3)13-20(17)21-19/h4-6,8-13H,1,7H2,2-3H3/b6-5+. The summed E-state index contributed by atoms with van der Waals surface area (Å²) in [4.78, 5) is 4.89. The van der Waals surface area contributed by atoms with Gasteiger partial charge in [0.2, 0.25) is 0 Å². The summed E-state index contributed by atoms with van der Waals surface area (Å²) in [6, 6.07) is 13.1. The summed E-state index contributed by atoms with van der Waals surface area (Å²) in [5.74, 6) is 0. The van der Waals surface area contributed by atoms with Gasteiger partial charge >= 0.3 is 0 Å². The van der Waals surface area contributed by atoms with Crippen LogP contribution in [0.25, 0.3) is 21.7 Å². The van der Waals surface area contributed by atoms with Crippen molar-refractivity contribution in [3.05, 3.63) is 78.0 Å². The van der Waals surface area contributed by atoms with E-state index in [9.17, 15) is 0 Å². The number of fused-ring (bicyclic) bond motifs is 3. The van der Waals surface area contributed by atoms with Crippen molar-refractivity contribution in [1.82, 2.24) is 4.98 Å². The summed E-state index contributed by atoms with van der Waals surface area (Å²) in [5, 5.41) is 3.76. The number of hydrogen-bond donors (Lipinski definition) is 0. The van der Waals surface area contributed by atoms with E-state index < -0.39 is 0 Å². The van der Waals surface area contributed by atoms with Crippen molar-refractivity contribution in [2.75, 3.05) is 0 Å². The van der Waals surface area contributed by atoms with Crippen LogP contribution in [0, 0.1) is 13.8 Å². The molecule has 1 nitrogen and oxygen atoms in total. The largest absolute Gasteiger partial charge is 0.252 e. The number of hydrogen-bond acceptors (Lipinski definition) is 1. The molecule has 21 heavy (non-hydrogen) atoms. The average Bonchev–Trinajstić information content (AvgIpc) is 2.47. The number of pyridine rings is 1. The Morgan fingerprint density at radius 1 is 0.952 bits per heavy atom. The second-order valence-corrected chi connectivity index (χ2v) is 5.50. The molecule has 0 aliphatic carbocycles. The molecular formula is C20H19N. The van der Waals surface area contributed by atoms with E-state index in [1.165, 1.54) is 27.3 Å². The van der Waals surface area contributed by atoms with Crippen LogP contribution in [0.2, 0.25) is 0 Å². The highest BCUT2D eigenvalue weighted by molar-refractivity contribution is 6.07. The van der Waals surface area contributed by atoms with Crippen molar-refractivity contribution in [2.45, 2.75) is 20.3 Å². The number of rotatable bonds is 3. The molecule has 1 heteroatoms. The third-order valence-electron chi connectivity index (χ3n) is 3.77. The molecule has 0 bridgehead atoms. The van der Waals surface area contributed by atoms with Gasteiger partial charge in [0.25, 0.3) is 0 Å². The summed E-state index contributed by atoms with van der Waals surface area (Å²) >= 11 is 0.